The second kappa shape index (κ2) is 9.56. The van der Waals surface area contributed by atoms with Gasteiger partial charge in [0, 0.05) is 7.05 Å². The molecule has 0 amide bonds. The van der Waals surface area contributed by atoms with Crippen LogP contribution in [0.4, 0.5) is 5.69 Å². The zero-order chi connectivity index (χ0) is 26.1. The third-order valence-corrected chi connectivity index (χ3v) is 6.14. The fourth-order valence-corrected chi connectivity index (χ4v) is 4.50. The van der Waals surface area contributed by atoms with Crippen LogP contribution in [-0.2, 0) is 26.1 Å². The summed E-state index contributed by atoms with van der Waals surface area (Å²) in [5.74, 6) is -2.17. The molecule has 4 rings (SSSR count). The Morgan fingerprint density at radius 1 is 1.14 bits per heavy atom. The van der Waals surface area contributed by atoms with Crippen LogP contribution in [0.15, 0.2) is 71.2 Å². The minimum absolute atomic E-state index is 0.0366. The molecule has 10 nitrogen and oxygen atoms in total. The summed E-state index contributed by atoms with van der Waals surface area (Å²) in [5.41, 5.74) is 8.56. The number of aryl methyl sites for hydroxylation is 1. The van der Waals surface area contributed by atoms with E-state index in [4.69, 9.17) is 15.2 Å². The van der Waals surface area contributed by atoms with Crippen LogP contribution in [0, 0.1) is 11.3 Å². The van der Waals surface area contributed by atoms with Crippen molar-refractivity contribution in [3.05, 3.63) is 82.6 Å². The van der Waals surface area contributed by atoms with E-state index in [0.29, 0.717) is 22.6 Å². The number of nitrogens with two attached hydrogens (primary N) is 1. The molecule has 0 bridgehead atoms. The van der Waals surface area contributed by atoms with Gasteiger partial charge in [-0.1, -0.05) is 30.3 Å². The van der Waals surface area contributed by atoms with Crippen molar-refractivity contribution in [2.45, 2.75) is 18.9 Å². The molecule has 10 heteroatoms. The number of methoxy groups -OCH3 is 2. The Hall–Kier alpha value is -4.62. The molecule has 0 saturated carbocycles. The number of ether oxygens (including phenoxy) is 2. The molecular formula is C26H25N5O5. The number of nitrogens with zero attached hydrogens (tertiary/aromatic N) is 4. The summed E-state index contributed by atoms with van der Waals surface area (Å²) >= 11 is 0. The minimum Gasteiger partial charge on any atom is -0.466 e. The molecule has 3 N–H and O–H groups in total. The standard InChI is InChI=1S/C26H25N5O5/c1-14(32)24-29-18-12-16(10-11-19(18)30(24)2)31-22(26(34)36-4)21(25(33)35-3)20(17(13-27)23(31)28)15-8-6-5-7-9-15/h5-12,14,20,32H,28H2,1-4H3. The lowest BCUT2D eigenvalue weighted by Crippen LogP contribution is -2.40. The summed E-state index contributed by atoms with van der Waals surface area (Å²) in [4.78, 5) is 32.1. The van der Waals surface area contributed by atoms with Gasteiger partial charge < -0.3 is 24.9 Å². The summed E-state index contributed by atoms with van der Waals surface area (Å²) in [5, 5.41) is 20.2. The van der Waals surface area contributed by atoms with E-state index in [0.717, 1.165) is 5.52 Å². The molecule has 2 atom stereocenters. The Morgan fingerprint density at radius 3 is 2.39 bits per heavy atom. The molecule has 0 aliphatic carbocycles. The maximum atomic E-state index is 13.2. The van der Waals surface area contributed by atoms with Gasteiger partial charge in [-0.05, 0) is 30.7 Å². The van der Waals surface area contributed by atoms with Gasteiger partial charge in [0.2, 0.25) is 0 Å². The largest absolute Gasteiger partial charge is 0.466 e. The predicted octanol–water partition coefficient (Wildman–Crippen LogP) is 2.52. The second-order valence-corrected chi connectivity index (χ2v) is 8.21. The van der Waals surface area contributed by atoms with Crippen molar-refractivity contribution in [3.8, 4) is 6.07 Å². The van der Waals surface area contributed by atoms with E-state index in [1.807, 2.05) is 0 Å². The number of aromatic nitrogens is 2. The van der Waals surface area contributed by atoms with Crippen molar-refractivity contribution in [1.29, 1.82) is 5.26 Å². The van der Waals surface area contributed by atoms with Crippen LogP contribution in [0.3, 0.4) is 0 Å². The Bertz CT molecular complexity index is 1460. The van der Waals surface area contributed by atoms with E-state index in [2.05, 4.69) is 11.1 Å². The summed E-state index contributed by atoms with van der Waals surface area (Å²) in [6.45, 7) is 1.61. The summed E-state index contributed by atoms with van der Waals surface area (Å²) in [6, 6.07) is 16.0. The molecule has 2 unspecified atom stereocenters. The van der Waals surface area contributed by atoms with Crippen molar-refractivity contribution >= 4 is 28.7 Å². The van der Waals surface area contributed by atoms with Crippen LogP contribution in [0.1, 0.15) is 30.3 Å². The molecule has 1 aliphatic rings. The van der Waals surface area contributed by atoms with E-state index in [1.54, 1.807) is 67.1 Å². The quantitative estimate of drug-likeness (QED) is 0.519. The lowest BCUT2D eigenvalue weighted by molar-refractivity contribution is -0.139. The van der Waals surface area contributed by atoms with Gasteiger partial charge in [-0.15, -0.1) is 0 Å². The third-order valence-electron chi connectivity index (χ3n) is 6.14. The first kappa shape index (κ1) is 24.5. The molecule has 184 valence electrons. The van der Waals surface area contributed by atoms with Gasteiger partial charge in [-0.3, -0.25) is 4.90 Å². The van der Waals surface area contributed by atoms with Gasteiger partial charge in [0.15, 0.2) is 0 Å². The highest BCUT2D eigenvalue weighted by Crippen LogP contribution is 2.43. The number of hydrogen-bond acceptors (Lipinski definition) is 9. The van der Waals surface area contributed by atoms with Gasteiger partial charge in [0.25, 0.3) is 0 Å². The molecule has 1 aromatic heterocycles. The number of rotatable bonds is 5. The van der Waals surface area contributed by atoms with Gasteiger partial charge in [-0.25, -0.2) is 14.6 Å². The molecule has 36 heavy (non-hydrogen) atoms. The first-order chi connectivity index (χ1) is 17.2. The maximum Gasteiger partial charge on any atom is 0.355 e. The van der Waals surface area contributed by atoms with Crippen molar-refractivity contribution < 1.29 is 24.2 Å². The van der Waals surface area contributed by atoms with Crippen molar-refractivity contribution in [2.75, 3.05) is 19.1 Å². The van der Waals surface area contributed by atoms with E-state index in [1.165, 1.54) is 19.1 Å². The Kier molecular flexibility index (Phi) is 6.51. The lowest BCUT2D eigenvalue weighted by atomic mass is 9.81. The number of nitriles is 1. The monoisotopic (exact) mass is 487 g/mol. The summed E-state index contributed by atoms with van der Waals surface area (Å²) in [7, 11) is 4.16. The highest BCUT2D eigenvalue weighted by molar-refractivity contribution is 6.06. The number of imidazole rings is 1. The predicted molar refractivity (Wildman–Crippen MR) is 131 cm³/mol. The van der Waals surface area contributed by atoms with Crippen LogP contribution in [0.5, 0.6) is 0 Å². The molecule has 2 heterocycles. The number of benzene rings is 2. The first-order valence-electron chi connectivity index (χ1n) is 11.0. The molecule has 3 aromatic rings. The van der Waals surface area contributed by atoms with E-state index >= 15 is 0 Å². The highest BCUT2D eigenvalue weighted by atomic mass is 16.5. The molecule has 0 fully saturated rings. The van der Waals surface area contributed by atoms with Crippen molar-refractivity contribution in [1.82, 2.24) is 9.55 Å². The summed E-state index contributed by atoms with van der Waals surface area (Å²) < 4.78 is 11.8. The van der Waals surface area contributed by atoms with Gasteiger partial charge >= 0.3 is 11.9 Å². The first-order valence-corrected chi connectivity index (χ1v) is 11.0. The molecule has 1 aliphatic heterocycles. The zero-order valence-corrected chi connectivity index (χ0v) is 20.2. The minimum atomic E-state index is -0.950. The highest BCUT2D eigenvalue weighted by Gasteiger charge is 2.43. The number of carbonyl (C=O) groups is 2. The number of fused-ring (bicyclic) bond motifs is 1. The summed E-state index contributed by atoms with van der Waals surface area (Å²) in [6.07, 6.45) is -0.806. The Balaban J connectivity index is 2.04. The number of anilines is 1. The fraction of sp³-hybridized carbons (Fsp3) is 0.231. The molecule has 0 saturated heterocycles. The number of allylic oxidation sites excluding steroid dienone is 1. The van der Waals surface area contributed by atoms with Crippen LogP contribution >= 0.6 is 0 Å². The second-order valence-electron chi connectivity index (χ2n) is 8.21. The van der Waals surface area contributed by atoms with Gasteiger partial charge in [0.05, 0.1) is 54.1 Å². The van der Waals surface area contributed by atoms with Gasteiger partial charge in [-0.2, -0.15) is 5.26 Å². The van der Waals surface area contributed by atoms with Crippen LogP contribution < -0.4 is 10.6 Å². The topological polar surface area (TPSA) is 144 Å². The Morgan fingerprint density at radius 2 is 1.81 bits per heavy atom. The molecule has 0 radical (unpaired) electrons. The number of aliphatic hydroxyl groups is 1. The number of hydrogen-bond donors (Lipinski definition) is 2. The molecular weight excluding hydrogens is 462 g/mol. The fourth-order valence-electron chi connectivity index (χ4n) is 4.50. The van der Waals surface area contributed by atoms with Gasteiger partial charge in [0.1, 0.15) is 23.4 Å². The Labute approximate surface area is 207 Å². The van der Waals surface area contributed by atoms with Crippen LogP contribution in [-0.4, -0.2) is 40.8 Å². The van der Waals surface area contributed by atoms with Crippen molar-refractivity contribution in [2.24, 2.45) is 12.8 Å². The normalized spacial score (nSPS) is 16.7. The van der Waals surface area contributed by atoms with E-state index in [-0.39, 0.29) is 22.7 Å². The van der Waals surface area contributed by atoms with Crippen LogP contribution in [0.25, 0.3) is 11.0 Å². The third kappa shape index (κ3) is 3.85. The number of aliphatic hydroxyl groups excluding tert-OH is 1. The molecule has 2 aromatic carbocycles. The average Bonchev–Trinajstić information content (AvgIpc) is 3.23. The SMILES string of the molecule is COC(=O)C1=C(C(=O)OC)N(c2ccc3c(c2)nc(C(C)O)n3C)C(N)=C(C#N)C1c1ccccc1. The lowest BCUT2D eigenvalue weighted by Gasteiger charge is -2.35. The average molecular weight is 488 g/mol. The van der Waals surface area contributed by atoms with E-state index < -0.39 is 24.0 Å². The zero-order valence-electron chi connectivity index (χ0n) is 20.2. The van der Waals surface area contributed by atoms with Crippen molar-refractivity contribution in [3.63, 3.8) is 0 Å². The van der Waals surface area contributed by atoms with E-state index in [9.17, 15) is 20.0 Å². The smallest absolute Gasteiger partial charge is 0.355 e. The number of esters is 2. The van der Waals surface area contributed by atoms with Crippen LogP contribution in [0.2, 0.25) is 0 Å². The molecule has 0 spiro atoms. The number of carbonyl (C=O) groups excluding carboxylic acids is 2. The maximum absolute atomic E-state index is 13.2.